The Hall–Kier alpha value is -2.79. The average Bonchev–Trinajstić information content (AvgIpc) is 2.69. The molecule has 26 heavy (non-hydrogen) atoms. The van der Waals surface area contributed by atoms with Gasteiger partial charge in [0.25, 0.3) is 0 Å². The molecule has 4 nitrogen and oxygen atoms in total. The number of methoxy groups -OCH3 is 1. The predicted molar refractivity (Wildman–Crippen MR) is 105 cm³/mol. The summed E-state index contributed by atoms with van der Waals surface area (Å²) >= 11 is 1.61. The molecule has 3 aromatic rings. The van der Waals surface area contributed by atoms with Crippen molar-refractivity contribution in [1.82, 2.24) is 4.98 Å². The normalized spacial score (nSPS) is 10.3. The molecule has 0 radical (unpaired) electrons. The van der Waals surface area contributed by atoms with Crippen LogP contribution < -0.4 is 10.1 Å². The number of nitrogens with one attached hydrogen (secondary N) is 1. The van der Waals surface area contributed by atoms with E-state index in [0.717, 1.165) is 27.5 Å². The van der Waals surface area contributed by atoms with E-state index in [1.807, 2.05) is 66.7 Å². The predicted octanol–water partition coefficient (Wildman–Crippen LogP) is 4.81. The molecule has 0 fully saturated rings. The van der Waals surface area contributed by atoms with Crippen LogP contribution >= 0.6 is 11.8 Å². The van der Waals surface area contributed by atoms with Crippen molar-refractivity contribution in [2.75, 3.05) is 12.4 Å². The molecule has 2 aromatic carbocycles. The Bertz CT molecular complexity index is 834. The molecule has 0 aliphatic rings. The van der Waals surface area contributed by atoms with Crippen LogP contribution in [0.25, 0.3) is 0 Å². The molecule has 1 N–H and O–H groups in total. The van der Waals surface area contributed by atoms with Gasteiger partial charge in [0.1, 0.15) is 11.6 Å². The number of aromatic nitrogens is 1. The molecule has 0 saturated heterocycles. The zero-order valence-electron chi connectivity index (χ0n) is 14.5. The summed E-state index contributed by atoms with van der Waals surface area (Å²) in [5.41, 5.74) is 1.15. The number of rotatable bonds is 7. The quantitative estimate of drug-likeness (QED) is 0.653. The van der Waals surface area contributed by atoms with E-state index >= 15 is 0 Å². The van der Waals surface area contributed by atoms with Gasteiger partial charge in [-0.15, -0.1) is 0 Å². The summed E-state index contributed by atoms with van der Waals surface area (Å²) in [5, 5.41) is 2.84. The number of benzene rings is 2. The molecule has 0 bridgehead atoms. The van der Waals surface area contributed by atoms with Gasteiger partial charge in [0.15, 0.2) is 0 Å². The largest absolute Gasteiger partial charge is 0.497 e. The summed E-state index contributed by atoms with van der Waals surface area (Å²) in [6.45, 7) is 0. The molecule has 0 aliphatic carbocycles. The van der Waals surface area contributed by atoms with Crippen molar-refractivity contribution >= 4 is 23.5 Å². The van der Waals surface area contributed by atoms with Crippen LogP contribution in [0.15, 0.2) is 82.7 Å². The second-order valence-electron chi connectivity index (χ2n) is 5.69. The van der Waals surface area contributed by atoms with Gasteiger partial charge in [-0.05, 0) is 48.4 Å². The van der Waals surface area contributed by atoms with Gasteiger partial charge in [-0.2, -0.15) is 0 Å². The van der Waals surface area contributed by atoms with Gasteiger partial charge >= 0.3 is 0 Å². The first-order valence-electron chi connectivity index (χ1n) is 8.35. The third kappa shape index (κ3) is 5.36. The number of hydrogen-bond acceptors (Lipinski definition) is 4. The Morgan fingerprint density at radius 3 is 2.38 bits per heavy atom. The van der Waals surface area contributed by atoms with Crippen molar-refractivity contribution < 1.29 is 9.53 Å². The number of aryl methyl sites for hydroxylation is 1. The average molecular weight is 364 g/mol. The molecule has 0 spiro atoms. The van der Waals surface area contributed by atoms with Gasteiger partial charge in [-0.25, -0.2) is 4.98 Å². The summed E-state index contributed by atoms with van der Waals surface area (Å²) in [5.74, 6) is 1.38. The number of pyridine rings is 1. The summed E-state index contributed by atoms with van der Waals surface area (Å²) in [4.78, 5) is 18.5. The molecule has 1 heterocycles. The Morgan fingerprint density at radius 2 is 1.73 bits per heavy atom. The molecule has 0 aliphatic heterocycles. The number of carbonyl (C=O) groups excluding carboxylic acids is 1. The standard InChI is InChI=1S/C21H20N2O2S/c1-25-17-8-10-18(11-9-17)26-19-12-13-20(22-15-19)23-21(24)14-7-16-5-3-2-4-6-16/h2-6,8-13,15H,7,14H2,1H3,(H,22,23,24). The Kier molecular flexibility index (Phi) is 6.28. The maximum Gasteiger partial charge on any atom is 0.225 e. The van der Waals surface area contributed by atoms with E-state index in [1.54, 1.807) is 25.1 Å². The van der Waals surface area contributed by atoms with Crippen molar-refractivity contribution in [3.05, 3.63) is 78.5 Å². The second kappa shape index (κ2) is 9.06. The van der Waals surface area contributed by atoms with Crippen LogP contribution in [0, 0.1) is 0 Å². The summed E-state index contributed by atoms with van der Waals surface area (Å²) in [6.07, 6.45) is 2.92. The lowest BCUT2D eigenvalue weighted by Crippen LogP contribution is -2.13. The number of amides is 1. The number of ether oxygens (including phenoxy) is 1. The SMILES string of the molecule is COc1ccc(Sc2ccc(NC(=O)CCc3ccccc3)nc2)cc1. The molecule has 0 unspecified atom stereocenters. The fraction of sp³-hybridized carbons (Fsp3) is 0.143. The van der Waals surface area contributed by atoms with Crippen LogP contribution in [0.5, 0.6) is 5.75 Å². The van der Waals surface area contributed by atoms with Crippen molar-refractivity contribution in [1.29, 1.82) is 0 Å². The molecular weight excluding hydrogens is 344 g/mol. The first-order chi connectivity index (χ1) is 12.7. The molecular formula is C21H20N2O2S. The molecule has 132 valence electrons. The van der Waals surface area contributed by atoms with Gasteiger partial charge in [-0.3, -0.25) is 4.79 Å². The van der Waals surface area contributed by atoms with Gasteiger partial charge in [0.05, 0.1) is 7.11 Å². The van der Waals surface area contributed by atoms with E-state index in [2.05, 4.69) is 10.3 Å². The molecule has 1 aromatic heterocycles. The van der Waals surface area contributed by atoms with E-state index < -0.39 is 0 Å². The maximum atomic E-state index is 12.1. The van der Waals surface area contributed by atoms with E-state index in [9.17, 15) is 4.79 Å². The zero-order valence-corrected chi connectivity index (χ0v) is 15.3. The summed E-state index contributed by atoms with van der Waals surface area (Å²) in [7, 11) is 1.65. The van der Waals surface area contributed by atoms with Crippen molar-refractivity contribution in [2.45, 2.75) is 22.6 Å². The summed E-state index contributed by atoms with van der Waals surface area (Å²) in [6, 6.07) is 21.6. The maximum absolute atomic E-state index is 12.1. The third-order valence-electron chi connectivity index (χ3n) is 3.78. The Labute approximate surface area is 157 Å². The molecule has 0 atom stereocenters. The number of anilines is 1. The van der Waals surface area contributed by atoms with Gasteiger partial charge in [0, 0.05) is 22.4 Å². The smallest absolute Gasteiger partial charge is 0.225 e. The van der Waals surface area contributed by atoms with E-state index in [-0.39, 0.29) is 5.91 Å². The van der Waals surface area contributed by atoms with Crippen LogP contribution in [-0.4, -0.2) is 18.0 Å². The van der Waals surface area contributed by atoms with E-state index in [4.69, 9.17) is 4.74 Å². The first kappa shape index (κ1) is 18.0. The highest BCUT2D eigenvalue weighted by Crippen LogP contribution is 2.28. The highest BCUT2D eigenvalue weighted by Gasteiger charge is 2.05. The Balaban J connectivity index is 1.51. The van der Waals surface area contributed by atoms with Crippen molar-refractivity contribution in [2.24, 2.45) is 0 Å². The monoisotopic (exact) mass is 364 g/mol. The topological polar surface area (TPSA) is 51.2 Å². The molecule has 1 amide bonds. The number of carbonyl (C=O) groups is 1. The van der Waals surface area contributed by atoms with Gasteiger partial charge in [-0.1, -0.05) is 42.1 Å². The fourth-order valence-electron chi connectivity index (χ4n) is 2.40. The van der Waals surface area contributed by atoms with Crippen LogP contribution in [-0.2, 0) is 11.2 Å². The molecule has 0 saturated carbocycles. The fourth-order valence-corrected chi connectivity index (χ4v) is 3.19. The minimum Gasteiger partial charge on any atom is -0.497 e. The lowest BCUT2D eigenvalue weighted by molar-refractivity contribution is -0.116. The number of hydrogen-bond donors (Lipinski definition) is 1. The minimum absolute atomic E-state index is 0.0306. The van der Waals surface area contributed by atoms with Crippen LogP contribution in [0.4, 0.5) is 5.82 Å². The van der Waals surface area contributed by atoms with Crippen molar-refractivity contribution in [3.63, 3.8) is 0 Å². The van der Waals surface area contributed by atoms with Gasteiger partial charge < -0.3 is 10.1 Å². The van der Waals surface area contributed by atoms with E-state index in [0.29, 0.717) is 12.2 Å². The Morgan fingerprint density at radius 1 is 1.00 bits per heavy atom. The molecule has 5 heteroatoms. The second-order valence-corrected chi connectivity index (χ2v) is 6.84. The van der Waals surface area contributed by atoms with Gasteiger partial charge in [0.2, 0.25) is 5.91 Å². The van der Waals surface area contributed by atoms with Crippen LogP contribution in [0.3, 0.4) is 0 Å². The number of nitrogens with zero attached hydrogens (tertiary/aromatic N) is 1. The third-order valence-corrected chi connectivity index (χ3v) is 4.77. The van der Waals surface area contributed by atoms with E-state index in [1.165, 1.54) is 0 Å². The summed E-state index contributed by atoms with van der Waals surface area (Å²) < 4.78 is 5.16. The highest BCUT2D eigenvalue weighted by molar-refractivity contribution is 7.99. The minimum atomic E-state index is -0.0306. The molecule has 3 rings (SSSR count). The lowest BCUT2D eigenvalue weighted by atomic mass is 10.1. The zero-order chi connectivity index (χ0) is 18.2. The van der Waals surface area contributed by atoms with Crippen LogP contribution in [0.2, 0.25) is 0 Å². The lowest BCUT2D eigenvalue weighted by Gasteiger charge is -2.06. The highest BCUT2D eigenvalue weighted by atomic mass is 32.2. The van der Waals surface area contributed by atoms with Crippen molar-refractivity contribution in [3.8, 4) is 5.75 Å². The van der Waals surface area contributed by atoms with Crippen LogP contribution in [0.1, 0.15) is 12.0 Å². The first-order valence-corrected chi connectivity index (χ1v) is 9.16.